The molecule has 2 rings (SSSR count). The molecule has 140 valence electrons. The molecule has 8 heteroatoms. The Bertz CT molecular complexity index is 786. The summed E-state index contributed by atoms with van der Waals surface area (Å²) in [6, 6.07) is 5.97. The van der Waals surface area contributed by atoms with Crippen LogP contribution in [0.2, 0.25) is 0 Å². The van der Waals surface area contributed by atoms with Crippen LogP contribution in [0, 0.1) is 0 Å². The lowest BCUT2D eigenvalue weighted by Crippen LogP contribution is -2.43. The highest BCUT2D eigenvalue weighted by molar-refractivity contribution is 5.87. The molecule has 2 atom stereocenters. The number of aromatic nitrogens is 1. The fraction of sp³-hybridized carbons (Fsp3) is 0.389. The van der Waals surface area contributed by atoms with Gasteiger partial charge in [-0.2, -0.15) is 0 Å². The number of hydrogen-bond donors (Lipinski definition) is 3. The number of nitrogens with one attached hydrogen (secondary N) is 2. The molecule has 1 aromatic heterocycles. The predicted molar refractivity (Wildman–Crippen MR) is 95.2 cm³/mol. The van der Waals surface area contributed by atoms with Crippen molar-refractivity contribution in [1.29, 1.82) is 0 Å². The van der Waals surface area contributed by atoms with E-state index in [1.165, 1.54) is 14.2 Å². The summed E-state index contributed by atoms with van der Waals surface area (Å²) in [5.74, 6) is -1.51. The molecule has 0 saturated carbocycles. The van der Waals surface area contributed by atoms with Crippen LogP contribution in [0.3, 0.4) is 0 Å². The van der Waals surface area contributed by atoms with Gasteiger partial charge < -0.3 is 25.5 Å². The topological polar surface area (TPSA) is 124 Å². The maximum absolute atomic E-state index is 12.1. The number of carbonyl (C=O) groups is 3. The first kappa shape index (κ1) is 19.5. The monoisotopic (exact) mass is 361 g/mol. The zero-order valence-electron chi connectivity index (χ0n) is 14.8. The molecule has 0 bridgehead atoms. The molecule has 0 radical (unpaired) electrons. The molecular weight excluding hydrogens is 338 g/mol. The molecule has 0 aliphatic heterocycles. The third kappa shape index (κ3) is 4.82. The summed E-state index contributed by atoms with van der Waals surface area (Å²) >= 11 is 0. The Balaban J connectivity index is 2.02. The summed E-state index contributed by atoms with van der Waals surface area (Å²) in [7, 11) is 2.50. The van der Waals surface area contributed by atoms with E-state index in [0.717, 1.165) is 16.5 Å². The molecule has 0 unspecified atom stereocenters. The van der Waals surface area contributed by atoms with Crippen molar-refractivity contribution in [3.63, 3.8) is 0 Å². The number of amides is 1. The van der Waals surface area contributed by atoms with Crippen molar-refractivity contribution in [2.45, 2.75) is 31.3 Å². The summed E-state index contributed by atoms with van der Waals surface area (Å²) in [6.45, 7) is 0. The number of H-pyrrole nitrogens is 1. The van der Waals surface area contributed by atoms with Crippen LogP contribution >= 0.6 is 0 Å². The van der Waals surface area contributed by atoms with Crippen LogP contribution < -0.4 is 11.1 Å². The number of rotatable bonds is 8. The molecule has 4 N–H and O–H groups in total. The lowest BCUT2D eigenvalue weighted by Gasteiger charge is -2.17. The fourth-order valence-electron chi connectivity index (χ4n) is 2.68. The van der Waals surface area contributed by atoms with Crippen LogP contribution in [0.15, 0.2) is 30.5 Å². The lowest BCUT2D eigenvalue weighted by atomic mass is 10.0. The van der Waals surface area contributed by atoms with Gasteiger partial charge in [0.05, 0.1) is 14.2 Å². The van der Waals surface area contributed by atoms with Gasteiger partial charge in [0, 0.05) is 29.9 Å². The third-order valence-electron chi connectivity index (χ3n) is 4.11. The molecule has 0 saturated heterocycles. The van der Waals surface area contributed by atoms with E-state index in [2.05, 4.69) is 15.0 Å². The average Bonchev–Trinajstić information content (AvgIpc) is 3.07. The smallest absolute Gasteiger partial charge is 0.328 e. The van der Waals surface area contributed by atoms with E-state index in [1.807, 2.05) is 24.3 Å². The highest BCUT2D eigenvalue weighted by Gasteiger charge is 2.24. The Kier molecular flexibility index (Phi) is 6.74. The van der Waals surface area contributed by atoms with Gasteiger partial charge in [0.2, 0.25) is 5.91 Å². The zero-order valence-corrected chi connectivity index (χ0v) is 14.8. The van der Waals surface area contributed by atoms with Gasteiger partial charge in [-0.1, -0.05) is 18.2 Å². The number of methoxy groups -OCH3 is 2. The molecule has 0 aliphatic carbocycles. The minimum atomic E-state index is -0.879. The average molecular weight is 361 g/mol. The first-order chi connectivity index (χ1) is 12.5. The second-order valence-electron chi connectivity index (χ2n) is 5.88. The summed E-state index contributed by atoms with van der Waals surface area (Å²) in [6.07, 6.45) is 2.21. The molecule has 0 aliphatic rings. The normalized spacial score (nSPS) is 13.0. The van der Waals surface area contributed by atoms with E-state index >= 15 is 0 Å². The maximum Gasteiger partial charge on any atom is 0.328 e. The Labute approximate surface area is 151 Å². The number of fused-ring (bicyclic) bond motifs is 1. The van der Waals surface area contributed by atoms with Gasteiger partial charge in [-0.3, -0.25) is 9.59 Å². The molecule has 1 aromatic carbocycles. The van der Waals surface area contributed by atoms with Gasteiger partial charge in [0.1, 0.15) is 12.1 Å². The number of hydrogen-bond acceptors (Lipinski definition) is 6. The number of esters is 2. The Morgan fingerprint density at radius 3 is 2.54 bits per heavy atom. The zero-order chi connectivity index (χ0) is 19.1. The minimum absolute atomic E-state index is 0.00234. The van der Waals surface area contributed by atoms with E-state index < -0.39 is 24.0 Å². The standard InChI is InChI=1S/C18H23N3O5/c1-25-17(23)13(19)7-8-16(22)21-15(18(24)26-2)9-11-10-20-14-6-4-3-5-12(11)14/h3-6,10,13,15,20H,7-9,19H2,1-2H3,(H,21,22)/t13-,15-/m1/s1. The van der Waals surface area contributed by atoms with E-state index in [1.54, 1.807) is 6.20 Å². The Hall–Kier alpha value is -2.87. The largest absolute Gasteiger partial charge is 0.468 e. The SMILES string of the molecule is COC(=O)[C@H](N)CCC(=O)N[C@H](Cc1c[nH]c2ccccc12)C(=O)OC. The molecule has 1 heterocycles. The van der Waals surface area contributed by atoms with Crippen LogP contribution in [-0.2, 0) is 30.3 Å². The number of carbonyl (C=O) groups excluding carboxylic acids is 3. The van der Waals surface area contributed by atoms with Crippen LogP contribution in [0.1, 0.15) is 18.4 Å². The van der Waals surface area contributed by atoms with Gasteiger partial charge in [0.15, 0.2) is 0 Å². The number of para-hydroxylation sites is 1. The van der Waals surface area contributed by atoms with E-state index in [0.29, 0.717) is 0 Å². The summed E-state index contributed by atoms with van der Waals surface area (Å²) in [4.78, 5) is 38.6. The Morgan fingerprint density at radius 1 is 1.15 bits per heavy atom. The van der Waals surface area contributed by atoms with Crippen molar-refractivity contribution in [3.8, 4) is 0 Å². The third-order valence-corrected chi connectivity index (χ3v) is 4.11. The lowest BCUT2D eigenvalue weighted by molar-refractivity contribution is -0.145. The fourth-order valence-corrected chi connectivity index (χ4v) is 2.68. The van der Waals surface area contributed by atoms with E-state index in [9.17, 15) is 14.4 Å². The van der Waals surface area contributed by atoms with E-state index in [-0.39, 0.29) is 25.2 Å². The molecule has 1 amide bonds. The number of benzene rings is 1. The van der Waals surface area contributed by atoms with Crippen LogP contribution in [0.4, 0.5) is 0 Å². The number of ether oxygens (including phenoxy) is 2. The number of aromatic amines is 1. The first-order valence-corrected chi connectivity index (χ1v) is 8.21. The minimum Gasteiger partial charge on any atom is -0.468 e. The van der Waals surface area contributed by atoms with Gasteiger partial charge in [0.25, 0.3) is 0 Å². The van der Waals surface area contributed by atoms with Crippen molar-refractivity contribution in [2.75, 3.05) is 14.2 Å². The van der Waals surface area contributed by atoms with Crippen molar-refractivity contribution in [2.24, 2.45) is 5.73 Å². The maximum atomic E-state index is 12.1. The van der Waals surface area contributed by atoms with Gasteiger partial charge in [-0.25, -0.2) is 4.79 Å². The highest BCUT2D eigenvalue weighted by Crippen LogP contribution is 2.19. The van der Waals surface area contributed by atoms with Crippen molar-refractivity contribution >= 4 is 28.7 Å². The molecule has 0 spiro atoms. The Morgan fingerprint density at radius 2 is 1.85 bits per heavy atom. The second-order valence-corrected chi connectivity index (χ2v) is 5.88. The molecule has 2 aromatic rings. The van der Waals surface area contributed by atoms with Crippen molar-refractivity contribution in [1.82, 2.24) is 10.3 Å². The summed E-state index contributed by atoms with van der Waals surface area (Å²) < 4.78 is 9.31. The van der Waals surface area contributed by atoms with Crippen molar-refractivity contribution in [3.05, 3.63) is 36.0 Å². The van der Waals surface area contributed by atoms with Gasteiger partial charge >= 0.3 is 11.9 Å². The van der Waals surface area contributed by atoms with Crippen LogP contribution in [0.5, 0.6) is 0 Å². The van der Waals surface area contributed by atoms with Crippen LogP contribution in [-0.4, -0.2) is 49.1 Å². The van der Waals surface area contributed by atoms with E-state index in [4.69, 9.17) is 10.5 Å². The first-order valence-electron chi connectivity index (χ1n) is 8.21. The van der Waals surface area contributed by atoms with Gasteiger partial charge in [-0.15, -0.1) is 0 Å². The number of nitrogens with two attached hydrogens (primary N) is 1. The molecule has 8 nitrogen and oxygen atoms in total. The van der Waals surface area contributed by atoms with Crippen LogP contribution in [0.25, 0.3) is 10.9 Å². The predicted octanol–water partition coefficient (Wildman–Crippen LogP) is 0.649. The van der Waals surface area contributed by atoms with Crippen molar-refractivity contribution < 1.29 is 23.9 Å². The molecular formula is C18H23N3O5. The molecule has 26 heavy (non-hydrogen) atoms. The molecule has 0 fully saturated rings. The highest BCUT2D eigenvalue weighted by atomic mass is 16.5. The summed E-state index contributed by atoms with van der Waals surface area (Å²) in [5.41, 5.74) is 7.45. The second kappa shape index (κ2) is 9.00. The summed E-state index contributed by atoms with van der Waals surface area (Å²) in [5, 5.41) is 3.62. The van der Waals surface area contributed by atoms with Gasteiger partial charge in [-0.05, 0) is 18.1 Å². The quantitative estimate of drug-likeness (QED) is 0.593.